The van der Waals surface area contributed by atoms with E-state index in [4.69, 9.17) is 4.98 Å². The smallest absolute Gasteiger partial charge is 0.146 e. The fourth-order valence-corrected chi connectivity index (χ4v) is 3.10. The Labute approximate surface area is 136 Å². The van der Waals surface area contributed by atoms with Crippen LogP contribution in [0.3, 0.4) is 0 Å². The minimum atomic E-state index is 0.0546. The van der Waals surface area contributed by atoms with E-state index in [1.165, 1.54) is 5.56 Å². The average molecular weight is 321 g/mol. The molecule has 4 aromatic rings. The normalized spacial score (nSPS) is 17.3. The van der Waals surface area contributed by atoms with E-state index in [1.54, 1.807) is 17.1 Å². The van der Waals surface area contributed by atoms with Crippen LogP contribution in [0.1, 0.15) is 23.1 Å². The molecule has 4 aromatic heterocycles. The largest absolute Gasteiger partial charge is 0.303 e. The zero-order valence-corrected chi connectivity index (χ0v) is 13.0. The molecule has 0 radical (unpaired) electrons. The van der Waals surface area contributed by atoms with Gasteiger partial charge in [-0.3, -0.25) is 14.9 Å². The van der Waals surface area contributed by atoms with Gasteiger partial charge in [-0.25, -0.2) is 9.97 Å². The van der Waals surface area contributed by atoms with Gasteiger partial charge in [-0.15, -0.1) is 0 Å². The summed E-state index contributed by atoms with van der Waals surface area (Å²) in [5.41, 5.74) is 5.69. The summed E-state index contributed by atoms with van der Waals surface area (Å²) in [7, 11) is 1.88. The van der Waals surface area contributed by atoms with Crippen LogP contribution in [0.2, 0.25) is 0 Å². The summed E-state index contributed by atoms with van der Waals surface area (Å²) in [6, 6.07) is 0.0546. The van der Waals surface area contributed by atoms with Gasteiger partial charge in [0.1, 0.15) is 22.6 Å². The average Bonchev–Trinajstić information content (AvgIpc) is 3.32. The van der Waals surface area contributed by atoms with Gasteiger partial charge in [0.25, 0.3) is 0 Å². The number of H-pyrrole nitrogens is 2. The van der Waals surface area contributed by atoms with Crippen LogP contribution in [0, 0.1) is 0 Å². The number of nitrogens with one attached hydrogen (secondary N) is 3. The van der Waals surface area contributed by atoms with Crippen molar-refractivity contribution in [1.29, 1.82) is 0 Å². The second-order valence-corrected chi connectivity index (χ2v) is 5.98. The van der Waals surface area contributed by atoms with Crippen LogP contribution in [0.25, 0.3) is 22.3 Å². The topological polar surface area (TPSA) is 113 Å². The van der Waals surface area contributed by atoms with E-state index >= 15 is 0 Å². The molecule has 0 aromatic carbocycles. The van der Waals surface area contributed by atoms with Crippen LogP contribution >= 0.6 is 0 Å². The predicted molar refractivity (Wildman–Crippen MR) is 85.8 cm³/mol. The first-order valence-electron chi connectivity index (χ1n) is 7.72. The Balaban J connectivity index is 1.56. The summed E-state index contributed by atoms with van der Waals surface area (Å²) < 4.78 is 1.75. The fourth-order valence-electron chi connectivity index (χ4n) is 3.10. The Bertz CT molecular complexity index is 1020. The molecule has 120 valence electrons. The van der Waals surface area contributed by atoms with Gasteiger partial charge in [-0.1, -0.05) is 0 Å². The van der Waals surface area contributed by atoms with Gasteiger partial charge >= 0.3 is 0 Å². The molecule has 9 nitrogen and oxygen atoms in total. The molecule has 0 saturated heterocycles. The zero-order chi connectivity index (χ0) is 16.1. The first kappa shape index (κ1) is 13.4. The second kappa shape index (κ2) is 4.96. The fraction of sp³-hybridized carbons (Fsp3) is 0.267. The number of aromatic amines is 2. The first-order chi connectivity index (χ1) is 11.8. The van der Waals surface area contributed by atoms with Crippen molar-refractivity contribution in [2.75, 3.05) is 0 Å². The molecule has 0 amide bonds. The van der Waals surface area contributed by atoms with E-state index in [9.17, 15) is 0 Å². The molecule has 1 atom stereocenters. The van der Waals surface area contributed by atoms with Crippen molar-refractivity contribution in [1.82, 2.24) is 45.5 Å². The summed E-state index contributed by atoms with van der Waals surface area (Å²) >= 11 is 0. The van der Waals surface area contributed by atoms with E-state index in [2.05, 4.69) is 35.8 Å². The third-order valence-electron chi connectivity index (χ3n) is 4.36. The lowest BCUT2D eigenvalue weighted by molar-refractivity contribution is 0.473. The molecule has 3 N–H and O–H groups in total. The van der Waals surface area contributed by atoms with Crippen molar-refractivity contribution in [2.24, 2.45) is 7.05 Å². The minimum Gasteiger partial charge on any atom is -0.303 e. The van der Waals surface area contributed by atoms with Crippen molar-refractivity contribution in [3.63, 3.8) is 0 Å². The zero-order valence-electron chi connectivity index (χ0n) is 13.0. The summed E-state index contributed by atoms with van der Waals surface area (Å²) in [5.74, 6) is 0.759. The molecule has 5 rings (SSSR count). The Morgan fingerprint density at radius 1 is 1.21 bits per heavy atom. The van der Waals surface area contributed by atoms with E-state index in [0.29, 0.717) is 0 Å². The highest BCUT2D eigenvalue weighted by atomic mass is 15.2. The summed E-state index contributed by atoms with van der Waals surface area (Å²) in [4.78, 5) is 9.26. The maximum atomic E-state index is 4.76. The summed E-state index contributed by atoms with van der Waals surface area (Å²) in [6.45, 7) is 0.763. The van der Waals surface area contributed by atoms with Crippen molar-refractivity contribution < 1.29 is 0 Å². The number of rotatable bonds is 2. The highest BCUT2D eigenvalue weighted by Crippen LogP contribution is 2.27. The molecule has 5 heterocycles. The first-order valence-corrected chi connectivity index (χ1v) is 7.72. The number of aryl methyl sites for hydroxylation is 1. The van der Waals surface area contributed by atoms with Crippen molar-refractivity contribution in [3.8, 4) is 11.3 Å². The lowest BCUT2D eigenvalue weighted by Crippen LogP contribution is -2.29. The molecule has 1 aliphatic heterocycles. The Hall–Kier alpha value is -3.07. The predicted octanol–water partition coefficient (Wildman–Crippen LogP) is 0.863. The molecule has 9 heteroatoms. The van der Waals surface area contributed by atoms with Crippen LogP contribution in [0.4, 0.5) is 0 Å². The van der Waals surface area contributed by atoms with Gasteiger partial charge in [0.15, 0.2) is 0 Å². The van der Waals surface area contributed by atoms with Gasteiger partial charge in [0.05, 0.1) is 24.6 Å². The van der Waals surface area contributed by atoms with Crippen LogP contribution < -0.4 is 5.32 Å². The van der Waals surface area contributed by atoms with Gasteiger partial charge < -0.3 is 5.32 Å². The maximum Gasteiger partial charge on any atom is 0.146 e. The van der Waals surface area contributed by atoms with Gasteiger partial charge in [-0.2, -0.15) is 15.3 Å². The minimum absolute atomic E-state index is 0.0546. The van der Waals surface area contributed by atoms with E-state index in [0.717, 1.165) is 46.8 Å². The highest BCUT2D eigenvalue weighted by Gasteiger charge is 2.24. The van der Waals surface area contributed by atoms with Crippen LogP contribution in [0.15, 0.2) is 24.8 Å². The molecule has 0 bridgehead atoms. The Morgan fingerprint density at radius 2 is 2.17 bits per heavy atom. The molecule has 0 aliphatic carbocycles. The van der Waals surface area contributed by atoms with Crippen LogP contribution in [-0.2, 0) is 20.0 Å². The number of aromatic nitrogens is 8. The van der Waals surface area contributed by atoms with Crippen molar-refractivity contribution in [3.05, 3.63) is 41.9 Å². The Kier molecular flexibility index (Phi) is 2.77. The third kappa shape index (κ3) is 2.02. The van der Waals surface area contributed by atoms with E-state index in [1.807, 2.05) is 19.4 Å². The summed E-state index contributed by atoms with van der Waals surface area (Å²) in [6.07, 6.45) is 8.15. The molecule has 24 heavy (non-hydrogen) atoms. The number of fused-ring (bicyclic) bond motifs is 2. The van der Waals surface area contributed by atoms with Crippen LogP contribution in [0.5, 0.6) is 0 Å². The standard InChI is InChI=1S/C15H15N9/c1-24-7-9(5-19-24)13-14-12(22-23-13)6-17-15(20-14)11-2-10-8(3-16-11)4-18-21-10/h4-7,11,16H,2-3H2,1H3,(H,18,21)(H,22,23). The maximum absolute atomic E-state index is 4.76. The number of hydrogen-bond acceptors (Lipinski definition) is 6. The molecule has 1 aliphatic rings. The second-order valence-electron chi connectivity index (χ2n) is 5.98. The molecule has 0 saturated carbocycles. The SMILES string of the molecule is Cn1cc(-c2n[nH]c3cnc(C4Cc5[nH]ncc5CN4)nc23)cn1. The molecular formula is C15H15N9. The highest BCUT2D eigenvalue weighted by molar-refractivity contribution is 5.88. The Morgan fingerprint density at radius 3 is 3.04 bits per heavy atom. The van der Waals surface area contributed by atoms with Gasteiger partial charge in [-0.05, 0) is 0 Å². The van der Waals surface area contributed by atoms with E-state index in [-0.39, 0.29) is 6.04 Å². The van der Waals surface area contributed by atoms with Gasteiger partial charge in [0.2, 0.25) is 0 Å². The van der Waals surface area contributed by atoms with E-state index < -0.39 is 0 Å². The monoisotopic (exact) mass is 321 g/mol. The van der Waals surface area contributed by atoms with Gasteiger partial charge in [0, 0.05) is 43.0 Å². The molecule has 0 fully saturated rings. The summed E-state index contributed by atoms with van der Waals surface area (Å²) in [5, 5.41) is 22.2. The lowest BCUT2D eigenvalue weighted by atomic mass is 10.0. The lowest BCUT2D eigenvalue weighted by Gasteiger charge is -2.21. The molecule has 1 unspecified atom stereocenters. The molecular weight excluding hydrogens is 306 g/mol. The van der Waals surface area contributed by atoms with Crippen molar-refractivity contribution in [2.45, 2.75) is 19.0 Å². The van der Waals surface area contributed by atoms with Crippen molar-refractivity contribution >= 4 is 11.0 Å². The number of hydrogen-bond donors (Lipinski definition) is 3. The third-order valence-corrected chi connectivity index (χ3v) is 4.36. The van der Waals surface area contributed by atoms with Crippen LogP contribution in [-0.4, -0.2) is 40.1 Å². The number of nitrogens with zero attached hydrogens (tertiary/aromatic N) is 6. The molecule has 0 spiro atoms. The quantitative estimate of drug-likeness (QED) is 0.505.